The van der Waals surface area contributed by atoms with Crippen molar-refractivity contribution in [1.82, 2.24) is 4.31 Å². The molecule has 2 aromatic rings. The van der Waals surface area contributed by atoms with Crippen molar-refractivity contribution >= 4 is 25.7 Å². The summed E-state index contributed by atoms with van der Waals surface area (Å²) in [7, 11) is -6.77. The van der Waals surface area contributed by atoms with Crippen LogP contribution in [0, 0.1) is 16.6 Å². The molecule has 1 heterocycles. The predicted octanol–water partition coefficient (Wildman–Crippen LogP) is 4.22. The van der Waals surface area contributed by atoms with E-state index in [9.17, 15) is 21.2 Å². The Labute approximate surface area is 195 Å². The standard InChI is InChI=1S/C23H29FN2O5S2/c1-22(2)12-18-13-23(3,14-22)15-26(18)33(29,30)19-7-5-6-17(11-19)25-32(27,28)21-10-16(24)8-9-20(21)31-4/h5-11,18,25H,12-15H2,1-4H3/t18-,23+/m1/s1. The van der Waals surface area contributed by atoms with Crippen LogP contribution in [0.3, 0.4) is 0 Å². The number of hydrogen-bond acceptors (Lipinski definition) is 5. The van der Waals surface area contributed by atoms with Crippen molar-refractivity contribution < 1.29 is 26.0 Å². The van der Waals surface area contributed by atoms with Crippen molar-refractivity contribution in [2.24, 2.45) is 10.8 Å². The van der Waals surface area contributed by atoms with E-state index in [2.05, 4.69) is 25.5 Å². The van der Waals surface area contributed by atoms with Crippen molar-refractivity contribution in [3.63, 3.8) is 0 Å². The summed E-state index contributed by atoms with van der Waals surface area (Å²) in [6.07, 6.45) is 2.56. The molecule has 33 heavy (non-hydrogen) atoms. The molecule has 1 aliphatic carbocycles. The fourth-order valence-corrected chi connectivity index (χ4v) is 8.67. The maximum atomic E-state index is 13.7. The van der Waals surface area contributed by atoms with E-state index in [1.54, 1.807) is 4.31 Å². The number of halogens is 1. The van der Waals surface area contributed by atoms with E-state index in [-0.39, 0.29) is 38.1 Å². The van der Waals surface area contributed by atoms with Gasteiger partial charge in [0.05, 0.1) is 17.7 Å². The minimum absolute atomic E-state index is 0.0165. The number of ether oxygens (including phenoxy) is 1. The summed E-state index contributed by atoms with van der Waals surface area (Å²) >= 11 is 0. The SMILES string of the molecule is COc1ccc(F)cc1S(=O)(=O)Nc1cccc(S(=O)(=O)N2C[C@@]3(C)C[C@H]2CC(C)(C)C3)c1. The Bertz CT molecular complexity index is 1290. The third-order valence-corrected chi connectivity index (χ3v) is 9.77. The smallest absolute Gasteiger partial charge is 0.265 e. The average Bonchev–Trinajstić information content (AvgIpc) is 2.97. The molecule has 4 rings (SSSR count). The van der Waals surface area contributed by atoms with Gasteiger partial charge in [-0.2, -0.15) is 4.31 Å². The first-order valence-electron chi connectivity index (χ1n) is 10.7. The van der Waals surface area contributed by atoms with Crippen molar-refractivity contribution in [3.8, 4) is 5.75 Å². The van der Waals surface area contributed by atoms with E-state index in [4.69, 9.17) is 4.74 Å². The summed E-state index contributed by atoms with van der Waals surface area (Å²) in [6.45, 7) is 6.92. The van der Waals surface area contributed by atoms with Gasteiger partial charge < -0.3 is 4.74 Å². The second-order valence-electron chi connectivity index (χ2n) is 10.2. The Morgan fingerprint density at radius 2 is 1.79 bits per heavy atom. The Balaban J connectivity index is 1.64. The van der Waals surface area contributed by atoms with Gasteiger partial charge in [0.25, 0.3) is 10.0 Å². The molecule has 2 aliphatic rings. The van der Waals surface area contributed by atoms with Gasteiger partial charge in [-0.1, -0.05) is 26.8 Å². The monoisotopic (exact) mass is 496 g/mol. The first-order chi connectivity index (χ1) is 15.2. The van der Waals surface area contributed by atoms with Crippen LogP contribution in [0.2, 0.25) is 0 Å². The van der Waals surface area contributed by atoms with Crippen molar-refractivity contribution in [1.29, 1.82) is 0 Å². The maximum Gasteiger partial charge on any atom is 0.265 e. The summed E-state index contributed by atoms with van der Waals surface area (Å²) in [5.74, 6) is -0.753. The summed E-state index contributed by atoms with van der Waals surface area (Å²) in [4.78, 5) is -0.357. The summed E-state index contributed by atoms with van der Waals surface area (Å²) < 4.78 is 75.6. The quantitative estimate of drug-likeness (QED) is 0.646. The number of sulfonamides is 2. The molecular weight excluding hydrogens is 467 g/mol. The Hall–Kier alpha value is -2.17. The summed E-state index contributed by atoms with van der Waals surface area (Å²) in [6, 6.07) is 8.79. The lowest BCUT2D eigenvalue weighted by Crippen LogP contribution is -2.37. The molecule has 2 fully saturated rings. The molecule has 2 aromatic carbocycles. The number of methoxy groups -OCH3 is 1. The summed E-state index contributed by atoms with van der Waals surface area (Å²) in [5.41, 5.74) is 0.0480. The van der Waals surface area contributed by atoms with Crippen LogP contribution in [0.5, 0.6) is 5.75 Å². The van der Waals surface area contributed by atoms with E-state index >= 15 is 0 Å². The molecule has 0 aromatic heterocycles. The van der Waals surface area contributed by atoms with Gasteiger partial charge in [0.2, 0.25) is 10.0 Å². The topological polar surface area (TPSA) is 92.8 Å². The number of nitrogens with one attached hydrogen (secondary N) is 1. The van der Waals surface area contributed by atoms with Gasteiger partial charge in [0, 0.05) is 12.6 Å². The number of hydrogen-bond donors (Lipinski definition) is 1. The highest BCUT2D eigenvalue weighted by Gasteiger charge is 2.53. The minimum Gasteiger partial charge on any atom is -0.495 e. The van der Waals surface area contributed by atoms with Gasteiger partial charge >= 0.3 is 0 Å². The molecule has 0 amide bonds. The zero-order valence-corrected chi connectivity index (χ0v) is 20.8. The second kappa shape index (κ2) is 7.95. The van der Waals surface area contributed by atoms with Crippen LogP contribution >= 0.6 is 0 Å². The minimum atomic E-state index is -4.22. The fraction of sp³-hybridized carbons (Fsp3) is 0.478. The van der Waals surface area contributed by atoms with Crippen molar-refractivity contribution in [2.75, 3.05) is 18.4 Å². The molecule has 1 N–H and O–H groups in total. The number of rotatable bonds is 6. The van der Waals surface area contributed by atoms with Gasteiger partial charge in [-0.25, -0.2) is 21.2 Å². The third kappa shape index (κ3) is 4.61. The second-order valence-corrected chi connectivity index (χ2v) is 13.7. The molecule has 1 aliphatic heterocycles. The Morgan fingerprint density at radius 1 is 1.06 bits per heavy atom. The third-order valence-electron chi connectivity index (χ3n) is 6.47. The van der Waals surface area contributed by atoms with Crippen molar-refractivity contribution in [3.05, 3.63) is 48.3 Å². The van der Waals surface area contributed by atoms with Gasteiger partial charge in [-0.05, 0) is 66.5 Å². The molecular formula is C23H29FN2O5S2. The molecule has 1 saturated carbocycles. The van der Waals surface area contributed by atoms with E-state index in [1.165, 1.54) is 37.4 Å². The first kappa shape index (κ1) is 24.0. The zero-order chi connectivity index (χ0) is 24.2. The number of benzene rings is 2. The van der Waals surface area contributed by atoms with E-state index in [0.29, 0.717) is 6.54 Å². The first-order valence-corrected chi connectivity index (χ1v) is 13.7. The largest absolute Gasteiger partial charge is 0.495 e. The number of fused-ring (bicyclic) bond motifs is 2. The summed E-state index contributed by atoms with van der Waals surface area (Å²) in [5, 5.41) is 0. The zero-order valence-electron chi connectivity index (χ0n) is 19.1. The Kier molecular flexibility index (Phi) is 5.78. The molecule has 180 valence electrons. The average molecular weight is 497 g/mol. The molecule has 0 unspecified atom stereocenters. The highest BCUT2D eigenvalue weighted by atomic mass is 32.2. The van der Waals surface area contributed by atoms with E-state index in [1.807, 2.05) is 0 Å². The van der Waals surface area contributed by atoms with Crippen molar-refractivity contribution in [2.45, 2.75) is 55.9 Å². The van der Waals surface area contributed by atoms with Gasteiger partial charge in [-0.15, -0.1) is 0 Å². The lowest BCUT2D eigenvalue weighted by molar-refractivity contribution is 0.133. The molecule has 2 bridgehead atoms. The van der Waals surface area contributed by atoms with Crippen LogP contribution in [-0.2, 0) is 20.0 Å². The normalized spacial score (nSPS) is 25.1. The number of nitrogens with zero attached hydrogens (tertiary/aromatic N) is 1. The number of anilines is 1. The van der Waals surface area contributed by atoms with Crippen LogP contribution in [0.1, 0.15) is 40.0 Å². The molecule has 7 nitrogen and oxygen atoms in total. The Morgan fingerprint density at radius 3 is 2.48 bits per heavy atom. The van der Waals surface area contributed by atoms with Crippen LogP contribution < -0.4 is 9.46 Å². The molecule has 1 saturated heterocycles. The predicted molar refractivity (Wildman–Crippen MR) is 124 cm³/mol. The van der Waals surface area contributed by atoms with E-state index in [0.717, 1.165) is 31.4 Å². The highest BCUT2D eigenvalue weighted by molar-refractivity contribution is 7.92. The van der Waals surface area contributed by atoms with Gasteiger partial charge in [0.15, 0.2) is 0 Å². The maximum absolute atomic E-state index is 13.7. The van der Waals surface area contributed by atoms with Crippen LogP contribution in [0.25, 0.3) is 0 Å². The molecule has 0 spiro atoms. The van der Waals surface area contributed by atoms with Crippen LogP contribution in [0.15, 0.2) is 52.3 Å². The van der Waals surface area contributed by atoms with Gasteiger partial charge in [0.1, 0.15) is 16.5 Å². The molecule has 0 radical (unpaired) electrons. The van der Waals surface area contributed by atoms with Crippen LogP contribution in [0.4, 0.5) is 10.1 Å². The highest BCUT2D eigenvalue weighted by Crippen LogP contribution is 2.53. The lowest BCUT2D eigenvalue weighted by atomic mass is 9.65. The fourth-order valence-electron chi connectivity index (χ4n) is 5.62. The van der Waals surface area contributed by atoms with Crippen LogP contribution in [-0.4, -0.2) is 40.8 Å². The molecule has 2 atom stereocenters. The molecule has 10 heteroatoms. The van der Waals surface area contributed by atoms with Gasteiger partial charge in [-0.3, -0.25) is 4.72 Å². The van der Waals surface area contributed by atoms with E-state index < -0.39 is 25.9 Å². The lowest BCUT2D eigenvalue weighted by Gasteiger charge is -2.39.